The van der Waals surface area contributed by atoms with Gasteiger partial charge in [0.05, 0.1) is 0 Å². The van der Waals surface area contributed by atoms with Crippen LogP contribution in [0.15, 0.2) is 30.3 Å². The van der Waals surface area contributed by atoms with Crippen LogP contribution in [0.3, 0.4) is 0 Å². The largest absolute Gasteiger partial charge is 0.383 e. The topological polar surface area (TPSA) is 63.8 Å². The van der Waals surface area contributed by atoms with Crippen LogP contribution in [0.2, 0.25) is 0 Å². The van der Waals surface area contributed by atoms with E-state index < -0.39 is 0 Å². The van der Waals surface area contributed by atoms with Crippen molar-refractivity contribution in [1.82, 2.24) is 9.97 Å². The molecule has 3 N–H and O–H groups in total. The number of aromatic nitrogens is 2. The third-order valence-electron chi connectivity index (χ3n) is 3.51. The number of hydrogen-bond acceptors (Lipinski definition) is 4. The lowest BCUT2D eigenvalue weighted by Gasteiger charge is -2.22. The number of nitrogen functional groups attached to an aromatic ring is 1. The van der Waals surface area contributed by atoms with Crippen LogP contribution in [0.1, 0.15) is 50.7 Å². The van der Waals surface area contributed by atoms with E-state index >= 15 is 0 Å². The Morgan fingerprint density at radius 2 is 1.71 bits per heavy atom. The van der Waals surface area contributed by atoms with Gasteiger partial charge in [-0.2, -0.15) is 0 Å². The predicted molar refractivity (Wildman–Crippen MR) is 88.4 cm³/mol. The van der Waals surface area contributed by atoms with Gasteiger partial charge in [-0.15, -0.1) is 0 Å². The summed E-state index contributed by atoms with van der Waals surface area (Å²) in [5, 5.41) is 3.45. The van der Waals surface area contributed by atoms with Gasteiger partial charge in [0.15, 0.2) is 0 Å². The summed E-state index contributed by atoms with van der Waals surface area (Å²) in [5.74, 6) is 2.11. The van der Waals surface area contributed by atoms with Crippen LogP contribution in [-0.2, 0) is 5.41 Å². The molecule has 0 aliphatic heterocycles. The maximum absolute atomic E-state index is 6.04. The monoisotopic (exact) mass is 284 g/mol. The Hall–Kier alpha value is -2.10. The maximum Gasteiger partial charge on any atom is 0.138 e. The molecule has 1 aromatic heterocycles. The number of anilines is 2. The van der Waals surface area contributed by atoms with Crippen LogP contribution >= 0.6 is 0 Å². The molecule has 0 bridgehead atoms. The van der Waals surface area contributed by atoms with Gasteiger partial charge < -0.3 is 11.1 Å². The Bertz CT molecular complexity index is 615. The summed E-state index contributed by atoms with van der Waals surface area (Å²) in [4.78, 5) is 9.08. The highest BCUT2D eigenvalue weighted by atomic mass is 15.1. The molecule has 0 saturated carbocycles. The molecule has 4 nitrogen and oxygen atoms in total. The van der Waals surface area contributed by atoms with Crippen LogP contribution in [-0.4, -0.2) is 9.97 Å². The first-order chi connectivity index (χ1) is 9.79. The lowest BCUT2D eigenvalue weighted by molar-refractivity contribution is 0.546. The summed E-state index contributed by atoms with van der Waals surface area (Å²) < 4.78 is 0. The summed E-state index contributed by atoms with van der Waals surface area (Å²) in [6, 6.07) is 10.4. The van der Waals surface area contributed by atoms with Crippen molar-refractivity contribution in [2.45, 2.75) is 46.1 Å². The minimum absolute atomic E-state index is 0.131. The van der Waals surface area contributed by atoms with E-state index in [2.05, 4.69) is 55.1 Å². The first-order valence-electron chi connectivity index (χ1n) is 7.25. The van der Waals surface area contributed by atoms with Crippen LogP contribution in [0, 0.1) is 6.92 Å². The van der Waals surface area contributed by atoms with Crippen molar-refractivity contribution in [3.05, 3.63) is 47.3 Å². The summed E-state index contributed by atoms with van der Waals surface area (Å²) in [6.07, 6.45) is 0. The molecular weight excluding hydrogens is 260 g/mol. The fourth-order valence-corrected chi connectivity index (χ4v) is 2.04. The molecule has 1 heterocycles. The standard InChI is InChI=1S/C17H24N4/c1-11-14(18)20-16(17(3,4)5)21-15(11)19-12(2)13-9-7-6-8-10-13/h6-10,12H,1-5H3,(H3,18,19,20,21). The molecule has 1 aromatic carbocycles. The highest BCUT2D eigenvalue weighted by molar-refractivity contribution is 5.56. The van der Waals surface area contributed by atoms with Gasteiger partial charge in [-0.3, -0.25) is 0 Å². The first-order valence-corrected chi connectivity index (χ1v) is 7.25. The van der Waals surface area contributed by atoms with Crippen molar-refractivity contribution in [3.8, 4) is 0 Å². The number of nitrogens with one attached hydrogen (secondary N) is 1. The Labute approximate surface area is 126 Å². The fraction of sp³-hybridized carbons (Fsp3) is 0.412. The Morgan fingerprint density at radius 1 is 1.10 bits per heavy atom. The first kappa shape index (κ1) is 15.3. The van der Waals surface area contributed by atoms with E-state index in [0.717, 1.165) is 17.2 Å². The van der Waals surface area contributed by atoms with E-state index in [9.17, 15) is 0 Å². The molecule has 0 amide bonds. The lowest BCUT2D eigenvalue weighted by Crippen LogP contribution is -2.20. The van der Waals surface area contributed by atoms with E-state index in [1.807, 2.05) is 25.1 Å². The third kappa shape index (κ3) is 3.51. The highest BCUT2D eigenvalue weighted by Gasteiger charge is 2.21. The number of nitrogens with two attached hydrogens (primary N) is 1. The zero-order valence-corrected chi connectivity index (χ0v) is 13.4. The molecular formula is C17H24N4. The molecule has 0 fully saturated rings. The molecule has 1 atom stereocenters. The van der Waals surface area contributed by atoms with Crippen LogP contribution < -0.4 is 11.1 Å². The van der Waals surface area contributed by atoms with E-state index in [0.29, 0.717) is 5.82 Å². The molecule has 4 heteroatoms. The molecule has 0 aliphatic rings. The van der Waals surface area contributed by atoms with Gasteiger partial charge in [0.2, 0.25) is 0 Å². The van der Waals surface area contributed by atoms with Gasteiger partial charge in [-0.25, -0.2) is 9.97 Å². The van der Waals surface area contributed by atoms with Crippen molar-refractivity contribution < 1.29 is 0 Å². The SMILES string of the molecule is Cc1c(N)nc(C(C)(C)C)nc1NC(C)c1ccccc1. The number of rotatable bonds is 3. The van der Waals surface area contributed by atoms with E-state index in [-0.39, 0.29) is 11.5 Å². The number of nitrogens with zero attached hydrogens (tertiary/aromatic N) is 2. The van der Waals surface area contributed by atoms with Crippen molar-refractivity contribution in [2.75, 3.05) is 11.1 Å². The lowest BCUT2D eigenvalue weighted by atomic mass is 9.95. The molecule has 21 heavy (non-hydrogen) atoms. The minimum Gasteiger partial charge on any atom is -0.383 e. The smallest absolute Gasteiger partial charge is 0.138 e. The quantitative estimate of drug-likeness (QED) is 0.899. The zero-order chi connectivity index (χ0) is 15.6. The Morgan fingerprint density at radius 3 is 2.29 bits per heavy atom. The van der Waals surface area contributed by atoms with Crippen LogP contribution in [0.5, 0.6) is 0 Å². The fourth-order valence-electron chi connectivity index (χ4n) is 2.04. The molecule has 1 unspecified atom stereocenters. The van der Waals surface area contributed by atoms with E-state index in [1.165, 1.54) is 5.56 Å². The van der Waals surface area contributed by atoms with E-state index in [4.69, 9.17) is 5.73 Å². The number of hydrogen-bond donors (Lipinski definition) is 2. The summed E-state index contributed by atoms with van der Waals surface area (Å²) >= 11 is 0. The predicted octanol–water partition coefficient (Wildman–Crippen LogP) is 3.84. The van der Waals surface area contributed by atoms with Crippen molar-refractivity contribution in [3.63, 3.8) is 0 Å². The van der Waals surface area contributed by atoms with Crippen LogP contribution in [0.4, 0.5) is 11.6 Å². The van der Waals surface area contributed by atoms with E-state index in [1.54, 1.807) is 0 Å². The molecule has 0 saturated heterocycles. The van der Waals surface area contributed by atoms with Crippen LogP contribution in [0.25, 0.3) is 0 Å². The maximum atomic E-state index is 6.04. The summed E-state index contributed by atoms with van der Waals surface area (Å²) in [5.41, 5.74) is 8.02. The second-order valence-corrected chi connectivity index (χ2v) is 6.43. The van der Waals surface area contributed by atoms with Crippen molar-refractivity contribution in [2.24, 2.45) is 0 Å². The molecule has 0 radical (unpaired) electrons. The van der Waals surface area contributed by atoms with Gasteiger partial charge in [-0.05, 0) is 19.4 Å². The molecule has 0 aliphatic carbocycles. The highest BCUT2D eigenvalue weighted by Crippen LogP contribution is 2.27. The average molecular weight is 284 g/mol. The average Bonchev–Trinajstić information content (AvgIpc) is 2.43. The van der Waals surface area contributed by atoms with Crippen molar-refractivity contribution in [1.29, 1.82) is 0 Å². The minimum atomic E-state index is -0.131. The third-order valence-corrected chi connectivity index (χ3v) is 3.51. The van der Waals surface area contributed by atoms with Gasteiger partial charge in [-0.1, -0.05) is 51.1 Å². The Balaban J connectivity index is 2.33. The normalized spacial score (nSPS) is 13.0. The Kier molecular flexibility index (Phi) is 4.16. The van der Waals surface area contributed by atoms with Gasteiger partial charge in [0.1, 0.15) is 17.5 Å². The molecule has 112 valence electrons. The second kappa shape index (κ2) is 5.72. The van der Waals surface area contributed by atoms with Crippen molar-refractivity contribution >= 4 is 11.6 Å². The number of benzene rings is 1. The second-order valence-electron chi connectivity index (χ2n) is 6.43. The summed E-state index contributed by atoms with van der Waals surface area (Å²) in [6.45, 7) is 10.3. The molecule has 2 rings (SSSR count). The molecule has 0 spiro atoms. The zero-order valence-electron chi connectivity index (χ0n) is 13.4. The summed E-state index contributed by atoms with van der Waals surface area (Å²) in [7, 11) is 0. The van der Waals surface area contributed by atoms with Gasteiger partial charge in [0, 0.05) is 17.0 Å². The molecule has 2 aromatic rings. The van der Waals surface area contributed by atoms with Gasteiger partial charge in [0.25, 0.3) is 0 Å². The van der Waals surface area contributed by atoms with Gasteiger partial charge >= 0.3 is 0 Å².